The first-order valence-electron chi connectivity index (χ1n) is 9.30. The molecule has 1 N–H and O–H groups in total. The number of fused-ring (bicyclic) bond motifs is 3. The molecule has 0 radical (unpaired) electrons. The van der Waals surface area contributed by atoms with Gasteiger partial charge in [-0.05, 0) is 43.4 Å². The summed E-state index contributed by atoms with van der Waals surface area (Å²) in [6.45, 7) is 4.19. The number of likely N-dealkylation sites (N-methyl/N-ethyl adjacent to an activating group) is 1. The summed E-state index contributed by atoms with van der Waals surface area (Å²) in [7, 11) is 2.15. The third kappa shape index (κ3) is 3.27. The lowest BCUT2D eigenvalue weighted by molar-refractivity contribution is 0.313. The van der Waals surface area contributed by atoms with Crippen LogP contribution in [0.25, 0.3) is 20.2 Å². The Hall–Kier alpha value is -2.77. The molecule has 4 aromatic rings. The lowest BCUT2D eigenvalue weighted by Gasteiger charge is -2.33. The number of aromatic nitrogens is 2. The van der Waals surface area contributed by atoms with Crippen LogP contribution in [-0.2, 0) is 0 Å². The Morgan fingerprint density at radius 1 is 0.893 bits per heavy atom. The van der Waals surface area contributed by atoms with Crippen molar-refractivity contribution in [1.82, 2.24) is 14.9 Å². The Labute approximate surface area is 166 Å². The van der Waals surface area contributed by atoms with Crippen molar-refractivity contribution >= 4 is 48.8 Å². The van der Waals surface area contributed by atoms with Crippen molar-refractivity contribution in [2.24, 2.45) is 0 Å². The molecule has 4 heterocycles. The third-order valence-electron chi connectivity index (χ3n) is 5.19. The molecule has 0 aliphatic carbocycles. The number of nitrogens with zero attached hydrogens (tertiary/aromatic N) is 4. The molecular weight excluding hydrogens is 373 g/mol. The highest BCUT2D eigenvalue weighted by Crippen LogP contribution is 2.35. The largest absolute Gasteiger partial charge is 0.368 e. The van der Waals surface area contributed by atoms with Crippen LogP contribution >= 0.6 is 11.3 Å². The van der Waals surface area contributed by atoms with E-state index in [0.717, 1.165) is 63.7 Å². The van der Waals surface area contributed by atoms with Crippen molar-refractivity contribution < 1.29 is 4.39 Å². The van der Waals surface area contributed by atoms with Gasteiger partial charge in [0.1, 0.15) is 17.5 Å². The van der Waals surface area contributed by atoms with E-state index in [4.69, 9.17) is 0 Å². The first-order valence-corrected chi connectivity index (χ1v) is 10.1. The number of anilines is 3. The van der Waals surface area contributed by atoms with Gasteiger partial charge in [-0.15, -0.1) is 11.3 Å². The molecule has 0 unspecified atom stereocenters. The van der Waals surface area contributed by atoms with E-state index in [2.05, 4.69) is 38.2 Å². The zero-order chi connectivity index (χ0) is 19.1. The molecular formula is C21H20FN5S. The number of halogens is 1. The second-order valence-corrected chi connectivity index (χ2v) is 8.21. The fourth-order valence-electron chi connectivity index (χ4n) is 3.57. The molecule has 28 heavy (non-hydrogen) atoms. The molecule has 1 aliphatic heterocycles. The molecule has 0 spiro atoms. The lowest BCUT2D eigenvalue weighted by Crippen LogP contribution is -2.44. The Kier molecular flexibility index (Phi) is 4.33. The number of pyridine rings is 2. The second kappa shape index (κ2) is 7.00. The van der Waals surface area contributed by atoms with E-state index in [1.165, 1.54) is 6.07 Å². The van der Waals surface area contributed by atoms with E-state index in [-0.39, 0.29) is 5.82 Å². The Morgan fingerprint density at radius 2 is 1.71 bits per heavy atom. The molecule has 1 saturated heterocycles. The van der Waals surface area contributed by atoms with Gasteiger partial charge in [0.25, 0.3) is 0 Å². The molecule has 1 aliphatic rings. The highest BCUT2D eigenvalue weighted by atomic mass is 32.1. The van der Waals surface area contributed by atoms with Crippen molar-refractivity contribution in [1.29, 1.82) is 0 Å². The summed E-state index contributed by atoms with van der Waals surface area (Å²) in [6, 6.07) is 11.0. The number of hydrogen-bond donors (Lipinski definition) is 1. The van der Waals surface area contributed by atoms with Gasteiger partial charge < -0.3 is 15.1 Å². The number of piperazine rings is 1. The standard InChI is InChI=1S/C21H20FN5S/c1-26-6-8-27(9-7-26)15-3-5-20(23-12-15)25-21-11-17-16-4-2-14(22)10-18(16)28-19(17)13-24-21/h2-5,10-13H,6-9H2,1H3,(H,23,24,25). The number of rotatable bonds is 3. The second-order valence-electron chi connectivity index (χ2n) is 7.13. The number of nitrogens with one attached hydrogen (secondary N) is 1. The molecule has 0 bridgehead atoms. The number of hydrogen-bond acceptors (Lipinski definition) is 6. The first-order chi connectivity index (χ1) is 13.7. The van der Waals surface area contributed by atoms with Gasteiger partial charge in [0.15, 0.2) is 0 Å². The van der Waals surface area contributed by atoms with E-state index < -0.39 is 0 Å². The summed E-state index contributed by atoms with van der Waals surface area (Å²) in [6.07, 6.45) is 3.74. The van der Waals surface area contributed by atoms with Crippen LogP contribution in [0, 0.1) is 5.82 Å². The Balaban J connectivity index is 1.38. The minimum atomic E-state index is -0.213. The average molecular weight is 393 g/mol. The summed E-state index contributed by atoms with van der Waals surface area (Å²) in [5, 5.41) is 5.40. The summed E-state index contributed by atoms with van der Waals surface area (Å²) in [4.78, 5) is 13.7. The lowest BCUT2D eigenvalue weighted by atomic mass is 10.2. The van der Waals surface area contributed by atoms with Crippen LogP contribution in [0.5, 0.6) is 0 Å². The van der Waals surface area contributed by atoms with E-state index in [0.29, 0.717) is 0 Å². The average Bonchev–Trinajstić information content (AvgIpc) is 3.06. The van der Waals surface area contributed by atoms with Crippen molar-refractivity contribution in [3.63, 3.8) is 0 Å². The molecule has 0 saturated carbocycles. The van der Waals surface area contributed by atoms with Crippen LogP contribution in [0.4, 0.5) is 21.7 Å². The topological polar surface area (TPSA) is 44.3 Å². The molecule has 1 aromatic carbocycles. The van der Waals surface area contributed by atoms with Crippen molar-refractivity contribution in [2.75, 3.05) is 43.4 Å². The maximum absolute atomic E-state index is 13.5. The maximum atomic E-state index is 13.5. The van der Waals surface area contributed by atoms with Gasteiger partial charge in [0, 0.05) is 47.8 Å². The molecule has 0 amide bonds. The van der Waals surface area contributed by atoms with Crippen LogP contribution in [0.1, 0.15) is 0 Å². The van der Waals surface area contributed by atoms with E-state index in [1.54, 1.807) is 17.4 Å². The molecule has 3 aromatic heterocycles. The SMILES string of the molecule is CN1CCN(c2ccc(Nc3cc4c(cn3)sc3cc(F)ccc34)nc2)CC1. The van der Waals surface area contributed by atoms with Crippen LogP contribution in [0.15, 0.2) is 48.8 Å². The summed E-state index contributed by atoms with van der Waals surface area (Å²) >= 11 is 1.55. The fourth-order valence-corrected chi connectivity index (χ4v) is 4.65. The van der Waals surface area contributed by atoms with Gasteiger partial charge in [-0.1, -0.05) is 0 Å². The molecule has 0 atom stereocenters. The van der Waals surface area contributed by atoms with Gasteiger partial charge in [-0.2, -0.15) is 0 Å². The van der Waals surface area contributed by atoms with Gasteiger partial charge in [-0.3, -0.25) is 0 Å². The maximum Gasteiger partial charge on any atom is 0.132 e. The zero-order valence-corrected chi connectivity index (χ0v) is 16.3. The fraction of sp³-hybridized carbons (Fsp3) is 0.238. The Bertz CT molecular complexity index is 1130. The highest BCUT2D eigenvalue weighted by molar-refractivity contribution is 7.25. The minimum Gasteiger partial charge on any atom is -0.368 e. The van der Waals surface area contributed by atoms with Gasteiger partial charge in [0.2, 0.25) is 0 Å². The quantitative estimate of drug-likeness (QED) is 0.556. The van der Waals surface area contributed by atoms with Gasteiger partial charge in [-0.25, -0.2) is 14.4 Å². The minimum absolute atomic E-state index is 0.213. The molecule has 7 heteroatoms. The summed E-state index contributed by atoms with van der Waals surface area (Å²) in [5.74, 6) is 1.28. The van der Waals surface area contributed by atoms with Crippen molar-refractivity contribution in [3.8, 4) is 0 Å². The highest BCUT2D eigenvalue weighted by Gasteiger charge is 2.14. The van der Waals surface area contributed by atoms with E-state index in [1.807, 2.05) is 30.6 Å². The number of benzene rings is 1. The van der Waals surface area contributed by atoms with E-state index >= 15 is 0 Å². The normalized spacial score (nSPS) is 15.4. The van der Waals surface area contributed by atoms with Crippen molar-refractivity contribution in [3.05, 3.63) is 54.6 Å². The van der Waals surface area contributed by atoms with Crippen LogP contribution in [-0.4, -0.2) is 48.1 Å². The van der Waals surface area contributed by atoms with E-state index in [9.17, 15) is 4.39 Å². The third-order valence-corrected chi connectivity index (χ3v) is 6.30. The Morgan fingerprint density at radius 3 is 2.50 bits per heavy atom. The zero-order valence-electron chi connectivity index (χ0n) is 15.5. The predicted molar refractivity (Wildman–Crippen MR) is 114 cm³/mol. The van der Waals surface area contributed by atoms with Crippen LogP contribution < -0.4 is 10.2 Å². The smallest absolute Gasteiger partial charge is 0.132 e. The van der Waals surface area contributed by atoms with Crippen LogP contribution in [0.2, 0.25) is 0 Å². The number of thiophene rings is 1. The molecule has 1 fully saturated rings. The molecule has 5 nitrogen and oxygen atoms in total. The summed E-state index contributed by atoms with van der Waals surface area (Å²) in [5.41, 5.74) is 1.15. The van der Waals surface area contributed by atoms with Gasteiger partial charge >= 0.3 is 0 Å². The summed E-state index contributed by atoms with van der Waals surface area (Å²) < 4.78 is 15.5. The van der Waals surface area contributed by atoms with Crippen molar-refractivity contribution in [2.45, 2.75) is 0 Å². The molecule has 142 valence electrons. The van der Waals surface area contributed by atoms with Gasteiger partial charge in [0.05, 0.1) is 16.6 Å². The predicted octanol–water partition coefficient (Wildman–Crippen LogP) is 4.48. The molecule has 5 rings (SSSR count). The van der Waals surface area contributed by atoms with Crippen LogP contribution in [0.3, 0.4) is 0 Å². The first kappa shape index (κ1) is 17.3. The monoisotopic (exact) mass is 393 g/mol.